The van der Waals surface area contributed by atoms with Gasteiger partial charge in [0.2, 0.25) is 6.79 Å². The van der Waals surface area contributed by atoms with Gasteiger partial charge in [-0.2, -0.15) is 0 Å². The van der Waals surface area contributed by atoms with Crippen LogP contribution >= 0.6 is 0 Å². The lowest BCUT2D eigenvalue weighted by atomic mass is 9.94. The van der Waals surface area contributed by atoms with Gasteiger partial charge in [0.25, 0.3) is 11.7 Å². The zero-order valence-corrected chi connectivity index (χ0v) is 20.4. The van der Waals surface area contributed by atoms with E-state index in [-0.39, 0.29) is 18.1 Å². The van der Waals surface area contributed by atoms with Gasteiger partial charge in [0, 0.05) is 17.3 Å². The summed E-state index contributed by atoms with van der Waals surface area (Å²) in [7, 11) is 0. The first-order valence-corrected chi connectivity index (χ1v) is 11.9. The molecule has 2 heterocycles. The van der Waals surface area contributed by atoms with Crippen LogP contribution in [0.5, 0.6) is 17.2 Å². The molecule has 7 heteroatoms. The molecular formula is C29H27NO6. The van der Waals surface area contributed by atoms with Crippen molar-refractivity contribution in [2.24, 2.45) is 0 Å². The Kier molecular flexibility index (Phi) is 6.14. The van der Waals surface area contributed by atoms with Crippen molar-refractivity contribution >= 4 is 23.1 Å². The smallest absolute Gasteiger partial charge is 0.300 e. The topological polar surface area (TPSA) is 85.3 Å². The van der Waals surface area contributed by atoms with Crippen LogP contribution in [0.1, 0.15) is 41.6 Å². The molecule has 1 atom stereocenters. The highest BCUT2D eigenvalue weighted by atomic mass is 16.7. The summed E-state index contributed by atoms with van der Waals surface area (Å²) in [5.74, 6) is 0.0823. The molecule has 1 N–H and O–H groups in total. The summed E-state index contributed by atoms with van der Waals surface area (Å²) < 4.78 is 16.7. The van der Waals surface area contributed by atoms with E-state index in [1.54, 1.807) is 36.4 Å². The van der Waals surface area contributed by atoms with Crippen LogP contribution in [0.2, 0.25) is 0 Å². The quantitative estimate of drug-likeness (QED) is 0.284. The Balaban J connectivity index is 1.65. The molecule has 0 saturated carbocycles. The van der Waals surface area contributed by atoms with Crippen molar-refractivity contribution in [2.75, 3.05) is 18.3 Å². The summed E-state index contributed by atoms with van der Waals surface area (Å²) in [6.45, 7) is 6.52. The number of hydrogen-bond donors (Lipinski definition) is 1. The molecule has 1 amide bonds. The summed E-state index contributed by atoms with van der Waals surface area (Å²) in [6.07, 6.45) is 0.876. The SMILES string of the molecule is CCCOc1ccc(/C(O)=C2\C(=O)C(=O)N(c3ccc4c(c3)OCO4)C2c2cccc(C)c2)cc1C. The first kappa shape index (κ1) is 23.5. The largest absolute Gasteiger partial charge is 0.507 e. The Labute approximate surface area is 209 Å². The number of ether oxygens (including phenoxy) is 3. The molecule has 3 aromatic rings. The highest BCUT2D eigenvalue weighted by molar-refractivity contribution is 6.51. The van der Waals surface area contributed by atoms with Crippen LogP contribution in [0.3, 0.4) is 0 Å². The fraction of sp³-hybridized carbons (Fsp3) is 0.241. The predicted molar refractivity (Wildman–Crippen MR) is 135 cm³/mol. The number of carbonyl (C=O) groups is 2. The summed E-state index contributed by atoms with van der Waals surface area (Å²) in [5.41, 5.74) is 3.46. The third-order valence-electron chi connectivity index (χ3n) is 6.35. The molecule has 1 saturated heterocycles. The molecule has 7 nitrogen and oxygen atoms in total. The predicted octanol–water partition coefficient (Wildman–Crippen LogP) is 5.45. The summed E-state index contributed by atoms with van der Waals surface area (Å²) >= 11 is 0. The van der Waals surface area contributed by atoms with Crippen molar-refractivity contribution in [1.82, 2.24) is 0 Å². The van der Waals surface area contributed by atoms with Gasteiger partial charge in [-0.15, -0.1) is 0 Å². The number of Topliss-reactive ketones (excluding diaryl/α,β-unsaturated/α-hetero) is 1. The minimum atomic E-state index is -0.818. The molecule has 184 valence electrons. The maximum atomic E-state index is 13.4. The lowest BCUT2D eigenvalue weighted by Gasteiger charge is -2.26. The van der Waals surface area contributed by atoms with E-state index in [0.29, 0.717) is 40.7 Å². The zero-order valence-electron chi connectivity index (χ0n) is 20.4. The number of nitrogens with zero attached hydrogens (tertiary/aromatic N) is 1. The van der Waals surface area contributed by atoms with Crippen molar-refractivity contribution < 1.29 is 28.9 Å². The van der Waals surface area contributed by atoms with Gasteiger partial charge >= 0.3 is 0 Å². The Bertz CT molecular complexity index is 1390. The first-order valence-electron chi connectivity index (χ1n) is 11.9. The van der Waals surface area contributed by atoms with E-state index < -0.39 is 17.7 Å². The Hall–Kier alpha value is -4.26. The van der Waals surface area contributed by atoms with Crippen molar-refractivity contribution in [3.05, 3.63) is 88.5 Å². The van der Waals surface area contributed by atoms with Crippen LogP contribution in [0.4, 0.5) is 5.69 Å². The van der Waals surface area contributed by atoms with Crippen LogP contribution in [0.25, 0.3) is 5.76 Å². The fourth-order valence-electron chi connectivity index (χ4n) is 4.62. The van der Waals surface area contributed by atoms with Crippen molar-refractivity contribution in [2.45, 2.75) is 33.2 Å². The number of ketones is 1. The number of fused-ring (bicyclic) bond motifs is 1. The summed E-state index contributed by atoms with van der Waals surface area (Å²) in [4.78, 5) is 28.2. The van der Waals surface area contributed by atoms with Gasteiger partial charge in [0.15, 0.2) is 11.5 Å². The van der Waals surface area contributed by atoms with Crippen molar-refractivity contribution in [1.29, 1.82) is 0 Å². The molecular weight excluding hydrogens is 458 g/mol. The molecule has 1 unspecified atom stereocenters. The average molecular weight is 486 g/mol. The molecule has 0 radical (unpaired) electrons. The third kappa shape index (κ3) is 4.06. The lowest BCUT2D eigenvalue weighted by Crippen LogP contribution is -2.29. The van der Waals surface area contributed by atoms with Crippen LogP contribution in [-0.4, -0.2) is 30.2 Å². The number of anilines is 1. The number of carbonyl (C=O) groups excluding carboxylic acids is 2. The van der Waals surface area contributed by atoms with Gasteiger partial charge in [-0.05, 0) is 61.7 Å². The van der Waals surface area contributed by atoms with E-state index in [1.807, 2.05) is 45.0 Å². The normalized spacial score (nSPS) is 18.1. The number of aryl methyl sites for hydroxylation is 2. The molecule has 0 aliphatic carbocycles. The van der Waals surface area contributed by atoms with Crippen molar-refractivity contribution in [3.63, 3.8) is 0 Å². The standard InChI is InChI=1S/C29H27NO6/c1-4-12-34-22-10-8-20(14-18(22)3)27(31)25-26(19-7-5-6-17(2)13-19)30(29(33)28(25)32)21-9-11-23-24(15-21)36-16-35-23/h5-11,13-15,26,31H,4,12,16H2,1-3H3/b27-25+. The number of rotatable bonds is 6. The monoisotopic (exact) mass is 485 g/mol. The van der Waals surface area contributed by atoms with E-state index in [9.17, 15) is 14.7 Å². The number of aliphatic hydroxyl groups is 1. The van der Waals surface area contributed by atoms with Gasteiger partial charge in [-0.1, -0.05) is 36.8 Å². The van der Waals surface area contributed by atoms with Gasteiger partial charge < -0.3 is 19.3 Å². The van der Waals surface area contributed by atoms with E-state index in [2.05, 4.69) is 0 Å². The second kappa shape index (κ2) is 9.41. The van der Waals surface area contributed by atoms with Crippen molar-refractivity contribution in [3.8, 4) is 17.2 Å². The maximum absolute atomic E-state index is 13.4. The van der Waals surface area contributed by atoms with Crippen LogP contribution < -0.4 is 19.1 Å². The fourth-order valence-corrected chi connectivity index (χ4v) is 4.62. The Morgan fingerprint density at radius 2 is 1.83 bits per heavy atom. The minimum Gasteiger partial charge on any atom is -0.507 e. The Morgan fingerprint density at radius 1 is 1.03 bits per heavy atom. The lowest BCUT2D eigenvalue weighted by molar-refractivity contribution is -0.132. The molecule has 2 aliphatic heterocycles. The molecule has 0 aromatic heterocycles. The number of aliphatic hydroxyl groups excluding tert-OH is 1. The third-order valence-corrected chi connectivity index (χ3v) is 6.35. The Morgan fingerprint density at radius 3 is 2.58 bits per heavy atom. The van der Waals surface area contributed by atoms with Crippen LogP contribution in [-0.2, 0) is 9.59 Å². The summed E-state index contributed by atoms with van der Waals surface area (Å²) in [6, 6.07) is 17.1. The number of benzene rings is 3. The molecule has 0 bridgehead atoms. The number of amides is 1. The molecule has 1 fully saturated rings. The average Bonchev–Trinajstić information content (AvgIpc) is 3.44. The van der Waals surface area contributed by atoms with Crippen LogP contribution in [0.15, 0.2) is 66.2 Å². The van der Waals surface area contributed by atoms with E-state index in [4.69, 9.17) is 14.2 Å². The highest BCUT2D eigenvalue weighted by Crippen LogP contribution is 2.45. The van der Waals surface area contributed by atoms with Gasteiger partial charge in [0.05, 0.1) is 18.2 Å². The minimum absolute atomic E-state index is 0.0323. The molecule has 5 rings (SSSR count). The second-order valence-electron chi connectivity index (χ2n) is 8.95. The van der Waals surface area contributed by atoms with E-state index in [0.717, 1.165) is 17.5 Å². The zero-order chi connectivity index (χ0) is 25.4. The van der Waals surface area contributed by atoms with Crippen LogP contribution in [0, 0.1) is 13.8 Å². The molecule has 36 heavy (non-hydrogen) atoms. The second-order valence-corrected chi connectivity index (χ2v) is 8.95. The molecule has 3 aromatic carbocycles. The van der Waals surface area contributed by atoms with E-state index in [1.165, 1.54) is 4.90 Å². The first-order chi connectivity index (χ1) is 17.4. The van der Waals surface area contributed by atoms with Gasteiger partial charge in [-0.3, -0.25) is 14.5 Å². The summed E-state index contributed by atoms with van der Waals surface area (Å²) in [5, 5.41) is 11.4. The number of hydrogen-bond acceptors (Lipinski definition) is 6. The molecule has 2 aliphatic rings. The highest BCUT2D eigenvalue weighted by Gasteiger charge is 2.47. The maximum Gasteiger partial charge on any atom is 0.300 e. The van der Waals surface area contributed by atoms with Gasteiger partial charge in [-0.25, -0.2) is 0 Å². The van der Waals surface area contributed by atoms with Gasteiger partial charge in [0.1, 0.15) is 11.5 Å². The van der Waals surface area contributed by atoms with E-state index >= 15 is 0 Å². The molecule has 0 spiro atoms.